The van der Waals surface area contributed by atoms with E-state index < -0.39 is 0 Å². The molecule has 0 spiro atoms. The first kappa shape index (κ1) is 20.7. The minimum Gasteiger partial charge on any atom is -0.468 e. The highest BCUT2D eigenvalue weighted by Gasteiger charge is 2.18. The standard InChI is InChI=1S/C18H18BrCl2N5O2/c1-3-25-9-12(19)16(23-25)10-24(2)18(27)15-7-8-26(22-15)11-28-17-13(20)5-4-6-14(17)21/h4-9H,3,10-11H2,1-2H3. The van der Waals surface area contributed by atoms with Crippen LogP contribution < -0.4 is 4.74 Å². The fourth-order valence-corrected chi connectivity index (χ4v) is 3.44. The van der Waals surface area contributed by atoms with Crippen LogP contribution in [0.1, 0.15) is 23.1 Å². The van der Waals surface area contributed by atoms with Crippen molar-refractivity contribution in [1.82, 2.24) is 24.5 Å². The predicted octanol–water partition coefficient (Wildman–Crippen LogP) is 4.48. The van der Waals surface area contributed by atoms with Gasteiger partial charge in [0.05, 0.1) is 26.8 Å². The van der Waals surface area contributed by atoms with Crippen LogP contribution in [0.5, 0.6) is 5.75 Å². The summed E-state index contributed by atoms with van der Waals surface area (Å²) in [5.41, 5.74) is 1.09. The van der Waals surface area contributed by atoms with Gasteiger partial charge in [-0.1, -0.05) is 29.3 Å². The van der Waals surface area contributed by atoms with E-state index in [4.69, 9.17) is 27.9 Å². The first-order valence-corrected chi connectivity index (χ1v) is 10.0. The Kier molecular flexibility index (Phi) is 6.64. The van der Waals surface area contributed by atoms with Gasteiger partial charge in [-0.2, -0.15) is 10.2 Å². The number of nitrogens with zero attached hydrogens (tertiary/aromatic N) is 5. The van der Waals surface area contributed by atoms with Gasteiger partial charge in [-0.15, -0.1) is 0 Å². The van der Waals surface area contributed by atoms with Crippen molar-refractivity contribution in [3.63, 3.8) is 0 Å². The van der Waals surface area contributed by atoms with Gasteiger partial charge in [0.25, 0.3) is 5.91 Å². The lowest BCUT2D eigenvalue weighted by Gasteiger charge is -2.14. The maximum absolute atomic E-state index is 12.6. The normalized spacial score (nSPS) is 10.9. The lowest BCUT2D eigenvalue weighted by atomic mass is 10.3. The fraction of sp³-hybridized carbons (Fsp3) is 0.278. The Morgan fingerprint density at radius 2 is 1.93 bits per heavy atom. The minimum absolute atomic E-state index is 0.0763. The fourth-order valence-electron chi connectivity index (χ4n) is 2.50. The van der Waals surface area contributed by atoms with Crippen molar-refractivity contribution in [1.29, 1.82) is 0 Å². The molecule has 0 bridgehead atoms. The molecule has 148 valence electrons. The van der Waals surface area contributed by atoms with E-state index in [0.717, 1.165) is 16.7 Å². The summed E-state index contributed by atoms with van der Waals surface area (Å²) in [6.45, 7) is 3.20. The molecule has 0 saturated heterocycles. The molecule has 1 aromatic carbocycles. The molecule has 0 fully saturated rings. The third-order valence-electron chi connectivity index (χ3n) is 3.96. The van der Waals surface area contributed by atoms with E-state index in [0.29, 0.717) is 28.0 Å². The lowest BCUT2D eigenvalue weighted by molar-refractivity contribution is 0.0775. The summed E-state index contributed by atoms with van der Waals surface area (Å²) in [7, 11) is 1.71. The second kappa shape index (κ2) is 8.98. The van der Waals surface area contributed by atoms with Crippen LogP contribution in [0, 0.1) is 0 Å². The molecule has 2 aromatic heterocycles. The molecular formula is C18H18BrCl2N5O2. The number of aryl methyl sites for hydroxylation is 1. The monoisotopic (exact) mass is 485 g/mol. The molecular weight excluding hydrogens is 469 g/mol. The second-order valence-corrected chi connectivity index (χ2v) is 7.67. The smallest absolute Gasteiger partial charge is 0.274 e. The number of carbonyl (C=O) groups excluding carboxylic acids is 1. The number of carbonyl (C=O) groups is 1. The maximum Gasteiger partial charge on any atom is 0.274 e. The van der Waals surface area contributed by atoms with E-state index in [2.05, 4.69) is 26.1 Å². The van der Waals surface area contributed by atoms with Crippen LogP contribution in [0.4, 0.5) is 0 Å². The average Bonchev–Trinajstić information content (AvgIpc) is 3.27. The van der Waals surface area contributed by atoms with Crippen LogP contribution in [-0.4, -0.2) is 37.4 Å². The number of hydrogen-bond donors (Lipinski definition) is 0. The number of rotatable bonds is 7. The summed E-state index contributed by atoms with van der Waals surface area (Å²) in [5, 5.41) is 9.52. The highest BCUT2D eigenvalue weighted by molar-refractivity contribution is 9.10. The van der Waals surface area contributed by atoms with E-state index in [-0.39, 0.29) is 12.6 Å². The molecule has 0 radical (unpaired) electrons. The summed E-state index contributed by atoms with van der Waals surface area (Å²) >= 11 is 15.6. The van der Waals surface area contributed by atoms with Gasteiger partial charge >= 0.3 is 0 Å². The average molecular weight is 487 g/mol. The maximum atomic E-state index is 12.6. The molecule has 0 unspecified atom stereocenters. The third kappa shape index (κ3) is 4.68. The number of para-hydroxylation sites is 1. The van der Waals surface area contributed by atoms with Gasteiger partial charge in [-0.05, 0) is 41.1 Å². The molecule has 1 amide bonds. The molecule has 10 heteroatoms. The third-order valence-corrected chi connectivity index (χ3v) is 5.22. The Bertz CT molecular complexity index is 968. The predicted molar refractivity (Wildman–Crippen MR) is 111 cm³/mol. The van der Waals surface area contributed by atoms with Crippen LogP contribution >= 0.6 is 39.1 Å². The molecule has 0 aliphatic carbocycles. The largest absolute Gasteiger partial charge is 0.468 e. The minimum atomic E-state index is -0.215. The van der Waals surface area contributed by atoms with Gasteiger partial charge in [0, 0.05) is 26.0 Å². The van der Waals surface area contributed by atoms with Crippen LogP contribution in [-0.2, 0) is 19.8 Å². The quantitative estimate of drug-likeness (QED) is 0.494. The molecule has 28 heavy (non-hydrogen) atoms. The Hall–Kier alpha value is -2.03. The highest BCUT2D eigenvalue weighted by Crippen LogP contribution is 2.32. The van der Waals surface area contributed by atoms with Crippen molar-refractivity contribution >= 4 is 45.0 Å². The van der Waals surface area contributed by atoms with Gasteiger partial charge in [-0.25, -0.2) is 4.68 Å². The zero-order valence-electron chi connectivity index (χ0n) is 15.3. The molecule has 3 aromatic rings. The van der Waals surface area contributed by atoms with Crippen LogP contribution in [0.15, 0.2) is 41.1 Å². The molecule has 3 rings (SSSR count). The Morgan fingerprint density at radius 1 is 1.21 bits per heavy atom. The molecule has 0 N–H and O–H groups in total. The topological polar surface area (TPSA) is 65.2 Å². The van der Waals surface area contributed by atoms with E-state index in [9.17, 15) is 4.79 Å². The van der Waals surface area contributed by atoms with E-state index >= 15 is 0 Å². The zero-order valence-corrected chi connectivity index (χ0v) is 18.4. The van der Waals surface area contributed by atoms with Crippen molar-refractivity contribution in [2.75, 3.05) is 7.05 Å². The van der Waals surface area contributed by atoms with E-state index in [1.807, 2.05) is 17.8 Å². The molecule has 0 atom stereocenters. The summed E-state index contributed by atoms with van der Waals surface area (Å²) in [6, 6.07) is 6.75. The first-order valence-electron chi connectivity index (χ1n) is 8.46. The summed E-state index contributed by atoms with van der Waals surface area (Å²) in [6.07, 6.45) is 3.55. The number of aromatic nitrogens is 4. The number of hydrogen-bond acceptors (Lipinski definition) is 4. The van der Waals surface area contributed by atoms with Gasteiger partial charge < -0.3 is 9.64 Å². The first-order chi connectivity index (χ1) is 13.4. The zero-order chi connectivity index (χ0) is 20.3. The van der Waals surface area contributed by atoms with Gasteiger partial charge in [-0.3, -0.25) is 9.48 Å². The second-order valence-electron chi connectivity index (χ2n) is 6.01. The SMILES string of the molecule is CCn1cc(Br)c(CN(C)C(=O)c2ccn(COc3c(Cl)cccc3Cl)n2)n1. The number of ether oxygens (including phenoxy) is 1. The summed E-state index contributed by atoms with van der Waals surface area (Å²) < 4.78 is 9.80. The molecule has 0 saturated carbocycles. The highest BCUT2D eigenvalue weighted by atomic mass is 79.9. The van der Waals surface area contributed by atoms with Crippen molar-refractivity contribution < 1.29 is 9.53 Å². The number of amides is 1. The van der Waals surface area contributed by atoms with Crippen molar-refractivity contribution in [3.8, 4) is 5.75 Å². The number of halogens is 3. The number of benzene rings is 1. The molecule has 0 aliphatic heterocycles. The van der Waals surface area contributed by atoms with E-state index in [1.165, 1.54) is 4.68 Å². The Morgan fingerprint density at radius 3 is 2.57 bits per heavy atom. The van der Waals surface area contributed by atoms with Crippen LogP contribution in [0.2, 0.25) is 10.0 Å². The summed E-state index contributed by atoms with van der Waals surface area (Å²) in [4.78, 5) is 14.2. The van der Waals surface area contributed by atoms with Gasteiger partial charge in [0.15, 0.2) is 18.2 Å². The molecule has 7 nitrogen and oxygen atoms in total. The Balaban J connectivity index is 1.64. The Labute approximate surface area is 180 Å². The van der Waals surface area contributed by atoms with Gasteiger partial charge in [0.1, 0.15) is 0 Å². The lowest BCUT2D eigenvalue weighted by Crippen LogP contribution is -2.27. The van der Waals surface area contributed by atoms with Crippen LogP contribution in [0.3, 0.4) is 0 Å². The van der Waals surface area contributed by atoms with Crippen molar-refractivity contribution in [3.05, 3.63) is 62.6 Å². The van der Waals surface area contributed by atoms with Crippen molar-refractivity contribution in [2.24, 2.45) is 0 Å². The molecule has 2 heterocycles. The summed E-state index contributed by atoms with van der Waals surface area (Å²) in [5.74, 6) is 0.162. The van der Waals surface area contributed by atoms with Crippen molar-refractivity contribution in [2.45, 2.75) is 26.7 Å². The van der Waals surface area contributed by atoms with E-state index in [1.54, 1.807) is 42.4 Å². The van der Waals surface area contributed by atoms with Crippen LogP contribution in [0.25, 0.3) is 0 Å². The van der Waals surface area contributed by atoms with Gasteiger partial charge in [0.2, 0.25) is 0 Å². The molecule has 0 aliphatic rings.